The zero-order valence-electron chi connectivity index (χ0n) is 15.4. The molecule has 2 aromatic carbocycles. The van der Waals surface area contributed by atoms with Gasteiger partial charge in [-0.3, -0.25) is 9.59 Å². The predicted octanol–water partition coefficient (Wildman–Crippen LogP) is 4.49. The molecule has 4 nitrogen and oxygen atoms in total. The topological polar surface area (TPSA) is 46.6 Å². The van der Waals surface area contributed by atoms with Crippen LogP contribution in [0, 0.1) is 30.1 Å². The number of benzene rings is 2. The molecule has 2 bridgehead atoms. The van der Waals surface area contributed by atoms with Crippen LogP contribution in [0.4, 0.5) is 5.69 Å². The summed E-state index contributed by atoms with van der Waals surface area (Å²) in [5.74, 6) is 1.50. The maximum Gasteiger partial charge on any atom is 0.241 e. The molecular weight excluding hydrogens is 338 g/mol. The molecule has 0 unspecified atom stereocenters. The number of hydrogen-bond acceptors (Lipinski definition) is 3. The summed E-state index contributed by atoms with van der Waals surface area (Å²) < 4.78 is 5.92. The van der Waals surface area contributed by atoms with Gasteiger partial charge in [0.15, 0.2) is 0 Å². The van der Waals surface area contributed by atoms with Crippen molar-refractivity contribution in [2.45, 2.75) is 20.3 Å². The Morgan fingerprint density at radius 3 is 2.48 bits per heavy atom. The van der Waals surface area contributed by atoms with Crippen molar-refractivity contribution in [2.75, 3.05) is 4.90 Å². The summed E-state index contributed by atoms with van der Waals surface area (Å²) >= 11 is 0. The van der Waals surface area contributed by atoms with Crippen LogP contribution in [0.1, 0.15) is 18.9 Å². The number of amides is 2. The minimum Gasteiger partial charge on any atom is -0.457 e. The Morgan fingerprint density at radius 1 is 1.04 bits per heavy atom. The van der Waals surface area contributed by atoms with Crippen molar-refractivity contribution >= 4 is 17.5 Å². The first kappa shape index (κ1) is 16.3. The van der Waals surface area contributed by atoms with Crippen molar-refractivity contribution in [1.29, 1.82) is 0 Å². The van der Waals surface area contributed by atoms with Gasteiger partial charge >= 0.3 is 0 Å². The van der Waals surface area contributed by atoms with Gasteiger partial charge in [0.05, 0.1) is 17.0 Å². The van der Waals surface area contributed by atoms with Crippen LogP contribution in [0.15, 0.2) is 60.7 Å². The Balaban J connectivity index is 1.42. The van der Waals surface area contributed by atoms with Crippen LogP contribution >= 0.6 is 0 Å². The molecule has 2 aromatic rings. The normalized spacial score (nSPS) is 30.9. The van der Waals surface area contributed by atoms with Crippen LogP contribution in [-0.4, -0.2) is 11.8 Å². The third kappa shape index (κ3) is 2.16. The lowest BCUT2D eigenvalue weighted by Crippen LogP contribution is -2.37. The molecule has 5 rings (SSSR count). The number of imide groups is 1. The fraction of sp³-hybridized carbons (Fsp3) is 0.304. The van der Waals surface area contributed by atoms with Gasteiger partial charge < -0.3 is 4.74 Å². The molecule has 1 aliphatic heterocycles. The van der Waals surface area contributed by atoms with E-state index < -0.39 is 5.41 Å². The summed E-state index contributed by atoms with van der Waals surface area (Å²) in [6.07, 6.45) is 5.16. The van der Waals surface area contributed by atoms with Gasteiger partial charge in [0.25, 0.3) is 0 Å². The minimum atomic E-state index is -0.590. The van der Waals surface area contributed by atoms with Crippen molar-refractivity contribution < 1.29 is 14.3 Å². The Labute approximate surface area is 158 Å². The molecule has 4 heteroatoms. The summed E-state index contributed by atoms with van der Waals surface area (Å²) in [6.45, 7) is 3.95. The van der Waals surface area contributed by atoms with Crippen LogP contribution in [0.25, 0.3) is 0 Å². The van der Waals surface area contributed by atoms with Crippen molar-refractivity contribution in [1.82, 2.24) is 0 Å². The molecular formula is C23H21NO3. The Hall–Kier alpha value is -2.88. The molecule has 3 aliphatic rings. The fourth-order valence-electron chi connectivity index (χ4n) is 5.01. The predicted molar refractivity (Wildman–Crippen MR) is 103 cm³/mol. The van der Waals surface area contributed by atoms with E-state index >= 15 is 0 Å². The number of hydrogen-bond donors (Lipinski definition) is 0. The highest BCUT2D eigenvalue weighted by Crippen LogP contribution is 2.60. The Kier molecular flexibility index (Phi) is 3.36. The molecule has 1 saturated heterocycles. The van der Waals surface area contributed by atoms with Gasteiger partial charge in [-0.25, -0.2) is 4.90 Å². The molecule has 0 radical (unpaired) electrons. The van der Waals surface area contributed by atoms with E-state index in [2.05, 4.69) is 12.2 Å². The van der Waals surface area contributed by atoms with E-state index in [1.54, 1.807) is 12.1 Å². The van der Waals surface area contributed by atoms with Gasteiger partial charge in [0, 0.05) is 0 Å². The molecule has 136 valence electrons. The second-order valence-corrected chi connectivity index (χ2v) is 7.99. The Morgan fingerprint density at radius 2 is 1.78 bits per heavy atom. The first-order chi connectivity index (χ1) is 13.0. The average molecular weight is 359 g/mol. The van der Waals surface area contributed by atoms with E-state index in [0.717, 1.165) is 17.7 Å². The summed E-state index contributed by atoms with van der Waals surface area (Å²) in [5, 5.41) is 0. The van der Waals surface area contributed by atoms with Crippen molar-refractivity contribution in [2.24, 2.45) is 23.2 Å². The van der Waals surface area contributed by atoms with Gasteiger partial charge in [0.2, 0.25) is 11.8 Å². The van der Waals surface area contributed by atoms with Gasteiger partial charge in [0.1, 0.15) is 11.5 Å². The van der Waals surface area contributed by atoms with Crippen LogP contribution in [0.3, 0.4) is 0 Å². The second kappa shape index (κ2) is 5.56. The number of anilines is 1. The smallest absolute Gasteiger partial charge is 0.241 e. The largest absolute Gasteiger partial charge is 0.457 e. The van der Waals surface area contributed by atoms with E-state index in [-0.39, 0.29) is 29.6 Å². The zero-order valence-corrected chi connectivity index (χ0v) is 15.4. The molecule has 0 aromatic heterocycles. The monoisotopic (exact) mass is 359 g/mol. The number of carbonyl (C=O) groups excluding carboxylic acids is 2. The fourth-order valence-corrected chi connectivity index (χ4v) is 5.01. The number of nitrogens with zero attached hydrogens (tertiary/aromatic N) is 1. The van der Waals surface area contributed by atoms with E-state index in [4.69, 9.17) is 4.74 Å². The van der Waals surface area contributed by atoms with Gasteiger partial charge in [-0.2, -0.15) is 0 Å². The summed E-state index contributed by atoms with van der Waals surface area (Å²) in [4.78, 5) is 27.6. The van der Waals surface area contributed by atoms with E-state index in [9.17, 15) is 9.59 Å². The van der Waals surface area contributed by atoms with Crippen LogP contribution in [-0.2, 0) is 9.59 Å². The summed E-state index contributed by atoms with van der Waals surface area (Å²) in [5.41, 5.74) is 1.08. The first-order valence-corrected chi connectivity index (χ1v) is 9.40. The third-order valence-electron chi connectivity index (χ3n) is 6.53. The first-order valence-electron chi connectivity index (χ1n) is 9.40. The lowest BCUT2D eigenvalue weighted by Gasteiger charge is -2.28. The Bertz CT molecular complexity index is 977. The standard InChI is InChI=1S/C23H21NO3/c1-14-5-3-4-6-19(14)27-18-11-9-17(10-12-18)24-21(25)20-15-7-8-16(13-15)23(20,2)22(24)26/h3-12,15-16,20H,13H2,1-2H3/t15-,16-,20+,23+/m0/s1. The number of fused-ring (bicyclic) bond motifs is 5. The maximum absolute atomic E-state index is 13.2. The number of carbonyl (C=O) groups is 2. The molecule has 4 atom stereocenters. The van der Waals surface area contributed by atoms with Crippen molar-refractivity contribution in [3.63, 3.8) is 0 Å². The molecule has 2 aliphatic carbocycles. The number of para-hydroxylation sites is 1. The van der Waals surface area contributed by atoms with Crippen LogP contribution < -0.4 is 9.64 Å². The zero-order chi connectivity index (χ0) is 18.8. The van der Waals surface area contributed by atoms with Gasteiger partial charge in [-0.05, 0) is 68.0 Å². The molecule has 1 heterocycles. The summed E-state index contributed by atoms with van der Waals surface area (Å²) in [7, 11) is 0. The van der Waals surface area contributed by atoms with Crippen LogP contribution in [0.5, 0.6) is 11.5 Å². The van der Waals surface area contributed by atoms with Gasteiger partial charge in [-0.15, -0.1) is 0 Å². The third-order valence-corrected chi connectivity index (χ3v) is 6.53. The van der Waals surface area contributed by atoms with Crippen molar-refractivity contribution in [3.8, 4) is 11.5 Å². The van der Waals surface area contributed by atoms with Gasteiger partial charge in [-0.1, -0.05) is 30.4 Å². The molecule has 2 amide bonds. The van der Waals surface area contributed by atoms with E-state index in [1.165, 1.54) is 4.90 Å². The quantitative estimate of drug-likeness (QED) is 0.599. The number of allylic oxidation sites excluding steroid dienone is 2. The number of rotatable bonds is 3. The maximum atomic E-state index is 13.2. The minimum absolute atomic E-state index is 0.0630. The highest BCUT2D eigenvalue weighted by atomic mass is 16.5. The highest BCUT2D eigenvalue weighted by molar-refractivity contribution is 6.24. The highest BCUT2D eigenvalue weighted by Gasteiger charge is 2.67. The second-order valence-electron chi connectivity index (χ2n) is 7.99. The SMILES string of the molecule is Cc1ccccc1Oc1ccc(N2C(=O)[C@H]3[C@H]4C=C[C@@H](C4)[C@@]3(C)C2=O)cc1. The number of ether oxygens (including phenoxy) is 1. The molecule has 27 heavy (non-hydrogen) atoms. The van der Waals surface area contributed by atoms with E-state index in [1.807, 2.05) is 50.2 Å². The number of aryl methyl sites for hydroxylation is 1. The molecule has 2 fully saturated rings. The van der Waals surface area contributed by atoms with Crippen molar-refractivity contribution in [3.05, 3.63) is 66.2 Å². The van der Waals surface area contributed by atoms with Crippen LogP contribution in [0.2, 0.25) is 0 Å². The average Bonchev–Trinajstić information content (AvgIpc) is 3.30. The summed E-state index contributed by atoms with van der Waals surface area (Å²) in [6, 6.07) is 15.0. The van der Waals surface area contributed by atoms with E-state index in [0.29, 0.717) is 11.4 Å². The molecule has 0 spiro atoms. The lowest BCUT2D eigenvalue weighted by molar-refractivity contribution is -0.127. The lowest BCUT2D eigenvalue weighted by atomic mass is 9.71. The molecule has 0 N–H and O–H groups in total. The molecule has 1 saturated carbocycles.